The Labute approximate surface area is 85.2 Å². The fourth-order valence-corrected chi connectivity index (χ4v) is 2.13. The van der Waals surface area contributed by atoms with Crippen LogP contribution in [0, 0.1) is 0 Å². The molecule has 11 heavy (non-hydrogen) atoms. The molecule has 0 radical (unpaired) electrons. The van der Waals surface area contributed by atoms with E-state index in [1.54, 1.807) is 0 Å². The third-order valence-corrected chi connectivity index (χ3v) is 3.06. The molecule has 1 unspecified atom stereocenters. The molecular formula is C8H14Br2O. The highest BCUT2D eigenvalue weighted by atomic mass is 79.9. The van der Waals surface area contributed by atoms with Gasteiger partial charge < -0.3 is 0 Å². The van der Waals surface area contributed by atoms with E-state index in [1.165, 1.54) is 12.8 Å². The number of alkyl halides is 2. The van der Waals surface area contributed by atoms with Crippen LogP contribution >= 0.6 is 31.9 Å². The van der Waals surface area contributed by atoms with Gasteiger partial charge in [-0.2, -0.15) is 0 Å². The number of Topliss-reactive ketones (excluding diaryl/α,β-unsaturated/α-hetero) is 1. The van der Waals surface area contributed by atoms with Gasteiger partial charge in [-0.1, -0.05) is 58.0 Å². The molecule has 0 heterocycles. The van der Waals surface area contributed by atoms with Gasteiger partial charge in [0.15, 0.2) is 5.78 Å². The lowest BCUT2D eigenvalue weighted by Crippen LogP contribution is -2.14. The number of carbonyl (C=O) groups is 1. The van der Waals surface area contributed by atoms with Crippen molar-refractivity contribution in [3.8, 4) is 0 Å². The van der Waals surface area contributed by atoms with Gasteiger partial charge in [0.25, 0.3) is 0 Å². The van der Waals surface area contributed by atoms with Crippen LogP contribution in [-0.4, -0.2) is 15.9 Å². The second kappa shape index (κ2) is 7.29. The Morgan fingerprint density at radius 2 is 2.09 bits per heavy atom. The lowest BCUT2D eigenvalue weighted by atomic mass is 10.1. The second-order valence-corrected chi connectivity index (χ2v) is 4.23. The third-order valence-electron chi connectivity index (χ3n) is 1.54. The number of rotatable bonds is 6. The molecule has 1 nitrogen and oxygen atoms in total. The molecule has 0 aromatic heterocycles. The van der Waals surface area contributed by atoms with E-state index < -0.39 is 0 Å². The van der Waals surface area contributed by atoms with E-state index in [9.17, 15) is 4.79 Å². The van der Waals surface area contributed by atoms with E-state index in [0.717, 1.165) is 12.8 Å². The minimum absolute atomic E-state index is 0.0634. The van der Waals surface area contributed by atoms with Gasteiger partial charge in [0.1, 0.15) is 0 Å². The average molecular weight is 286 g/mol. The average Bonchev–Trinajstić information content (AvgIpc) is 2.03. The summed E-state index contributed by atoms with van der Waals surface area (Å²) in [5, 5.41) is 0.467. The highest BCUT2D eigenvalue weighted by molar-refractivity contribution is 9.10. The van der Waals surface area contributed by atoms with Crippen molar-refractivity contribution in [1.29, 1.82) is 0 Å². The minimum Gasteiger partial charge on any atom is -0.298 e. The van der Waals surface area contributed by atoms with E-state index in [0.29, 0.717) is 5.33 Å². The van der Waals surface area contributed by atoms with Gasteiger partial charge in [-0.05, 0) is 6.42 Å². The van der Waals surface area contributed by atoms with Crippen molar-refractivity contribution in [3.63, 3.8) is 0 Å². The number of carbonyl (C=O) groups excluding carboxylic acids is 1. The van der Waals surface area contributed by atoms with E-state index in [1.807, 2.05) is 0 Å². The van der Waals surface area contributed by atoms with Crippen LogP contribution in [0.15, 0.2) is 0 Å². The molecule has 0 aliphatic heterocycles. The van der Waals surface area contributed by atoms with Gasteiger partial charge in [0, 0.05) is 0 Å². The summed E-state index contributed by atoms with van der Waals surface area (Å²) in [6.45, 7) is 2.16. The van der Waals surface area contributed by atoms with Gasteiger partial charge in [0.2, 0.25) is 0 Å². The highest BCUT2D eigenvalue weighted by Crippen LogP contribution is 2.12. The van der Waals surface area contributed by atoms with Crippen LogP contribution in [0.25, 0.3) is 0 Å². The van der Waals surface area contributed by atoms with E-state index in [-0.39, 0.29) is 10.6 Å². The first kappa shape index (κ1) is 11.6. The first-order chi connectivity index (χ1) is 5.22. The van der Waals surface area contributed by atoms with Crippen molar-refractivity contribution >= 4 is 37.6 Å². The predicted octanol–water partition coefficient (Wildman–Crippen LogP) is 3.29. The Hall–Kier alpha value is 0.630. The summed E-state index contributed by atoms with van der Waals surface area (Å²) in [6.07, 6.45) is 4.54. The number of unbranched alkanes of at least 4 members (excludes halogenated alkanes) is 2. The van der Waals surface area contributed by atoms with Crippen molar-refractivity contribution in [3.05, 3.63) is 0 Å². The van der Waals surface area contributed by atoms with Crippen molar-refractivity contribution in [1.82, 2.24) is 0 Å². The molecule has 0 fully saturated rings. The number of hydrogen-bond acceptors (Lipinski definition) is 1. The molecule has 0 amide bonds. The Morgan fingerprint density at radius 3 is 2.55 bits per heavy atom. The van der Waals surface area contributed by atoms with E-state index in [2.05, 4.69) is 38.8 Å². The maximum atomic E-state index is 11.0. The smallest absolute Gasteiger partial charge is 0.156 e. The molecule has 3 heteroatoms. The minimum atomic E-state index is 0.0634. The summed E-state index contributed by atoms with van der Waals surface area (Å²) in [6, 6.07) is 0. The Bertz CT molecular complexity index is 115. The highest BCUT2D eigenvalue weighted by Gasteiger charge is 2.11. The van der Waals surface area contributed by atoms with Crippen LogP contribution in [0.4, 0.5) is 0 Å². The molecule has 0 N–H and O–H groups in total. The first-order valence-corrected chi connectivity index (χ1v) is 5.98. The van der Waals surface area contributed by atoms with Crippen LogP contribution in [-0.2, 0) is 4.79 Å². The van der Waals surface area contributed by atoms with Crippen molar-refractivity contribution in [2.75, 3.05) is 5.33 Å². The van der Waals surface area contributed by atoms with Crippen LogP contribution in [0.2, 0.25) is 0 Å². The Kier molecular flexibility index (Phi) is 7.71. The summed E-state index contributed by atoms with van der Waals surface area (Å²) in [5.74, 6) is 0.251. The molecule has 0 aromatic rings. The lowest BCUT2D eigenvalue weighted by Gasteiger charge is -2.04. The van der Waals surface area contributed by atoms with Crippen molar-refractivity contribution in [2.24, 2.45) is 0 Å². The Balaban J connectivity index is 3.36. The maximum Gasteiger partial charge on any atom is 0.156 e. The van der Waals surface area contributed by atoms with Gasteiger partial charge in [-0.15, -0.1) is 0 Å². The summed E-state index contributed by atoms with van der Waals surface area (Å²) in [4.78, 5) is 11.1. The molecule has 0 aliphatic rings. The molecule has 0 aliphatic carbocycles. The van der Waals surface area contributed by atoms with Gasteiger partial charge in [-0.25, -0.2) is 0 Å². The number of ketones is 1. The summed E-state index contributed by atoms with van der Waals surface area (Å²) < 4.78 is 0. The molecule has 0 saturated heterocycles. The molecule has 0 saturated carbocycles. The standard InChI is InChI=1S/C8H14Br2O/c1-2-3-4-5-7(10)8(11)6-9/h7H,2-6H2,1H3. The van der Waals surface area contributed by atoms with Gasteiger partial charge in [0.05, 0.1) is 10.2 Å². The second-order valence-electron chi connectivity index (χ2n) is 2.56. The SMILES string of the molecule is CCCCCC(Br)C(=O)CBr. The molecule has 1 atom stereocenters. The maximum absolute atomic E-state index is 11.0. The lowest BCUT2D eigenvalue weighted by molar-refractivity contribution is -0.116. The molecule has 66 valence electrons. The summed E-state index contributed by atoms with van der Waals surface area (Å²) in [5.41, 5.74) is 0. The zero-order valence-electron chi connectivity index (χ0n) is 6.78. The topological polar surface area (TPSA) is 17.1 Å². The first-order valence-electron chi connectivity index (χ1n) is 3.95. The zero-order chi connectivity index (χ0) is 8.69. The zero-order valence-corrected chi connectivity index (χ0v) is 9.95. The van der Waals surface area contributed by atoms with Crippen LogP contribution in [0.1, 0.15) is 32.6 Å². The van der Waals surface area contributed by atoms with Crippen molar-refractivity contribution < 1.29 is 4.79 Å². The normalized spacial score (nSPS) is 13.0. The number of hydrogen-bond donors (Lipinski definition) is 0. The molecular weight excluding hydrogens is 272 g/mol. The Morgan fingerprint density at radius 1 is 1.45 bits per heavy atom. The number of halogens is 2. The quantitative estimate of drug-likeness (QED) is 0.541. The van der Waals surface area contributed by atoms with Crippen LogP contribution < -0.4 is 0 Å². The van der Waals surface area contributed by atoms with Gasteiger partial charge >= 0.3 is 0 Å². The van der Waals surface area contributed by atoms with Crippen LogP contribution in [0.5, 0.6) is 0 Å². The third kappa shape index (κ3) is 5.85. The fourth-order valence-electron chi connectivity index (χ4n) is 0.818. The molecule has 0 bridgehead atoms. The predicted molar refractivity (Wildman–Crippen MR) is 55.7 cm³/mol. The van der Waals surface area contributed by atoms with E-state index in [4.69, 9.17) is 0 Å². The summed E-state index contributed by atoms with van der Waals surface area (Å²) in [7, 11) is 0. The monoisotopic (exact) mass is 284 g/mol. The van der Waals surface area contributed by atoms with E-state index >= 15 is 0 Å². The molecule has 0 aromatic carbocycles. The van der Waals surface area contributed by atoms with Crippen molar-refractivity contribution in [2.45, 2.75) is 37.4 Å². The fraction of sp³-hybridized carbons (Fsp3) is 0.875. The van der Waals surface area contributed by atoms with Gasteiger partial charge in [-0.3, -0.25) is 4.79 Å². The summed E-state index contributed by atoms with van der Waals surface area (Å²) >= 11 is 6.50. The molecule has 0 rings (SSSR count). The largest absolute Gasteiger partial charge is 0.298 e. The van der Waals surface area contributed by atoms with Crippen LogP contribution in [0.3, 0.4) is 0 Å². The molecule has 0 spiro atoms.